The van der Waals surface area contributed by atoms with Crippen LogP contribution in [0.2, 0.25) is 0 Å². The fraction of sp³-hybridized carbons (Fsp3) is 0.625. The molecule has 0 aliphatic carbocycles. The number of ether oxygens (including phenoxy) is 1. The van der Waals surface area contributed by atoms with Crippen LogP contribution in [0.1, 0.15) is 12.8 Å². The molecule has 1 saturated heterocycles. The van der Waals surface area contributed by atoms with Gasteiger partial charge in [-0.1, -0.05) is 6.58 Å². The van der Waals surface area contributed by atoms with Crippen molar-refractivity contribution in [1.82, 2.24) is 5.01 Å². The second kappa shape index (κ2) is 4.11. The Morgan fingerprint density at radius 1 is 1.67 bits per heavy atom. The molecule has 2 N–H and O–H groups in total. The van der Waals surface area contributed by atoms with Crippen LogP contribution in [0.4, 0.5) is 0 Å². The zero-order valence-corrected chi connectivity index (χ0v) is 7.20. The maximum atomic E-state index is 5.52. The Hall–Kier alpha value is -1.03. The average molecular weight is 169 g/mol. The number of nitrogens with zero attached hydrogens (tertiary/aromatic N) is 2. The molecule has 1 rings (SSSR count). The molecule has 0 aromatic rings. The molecule has 12 heavy (non-hydrogen) atoms. The van der Waals surface area contributed by atoms with Crippen LogP contribution in [0.15, 0.2) is 17.5 Å². The largest absolute Gasteiger partial charge is 0.384 e. The molecule has 1 aliphatic heterocycles. The lowest BCUT2D eigenvalue weighted by molar-refractivity contribution is 0.0314. The molecule has 1 unspecified atom stereocenters. The number of rotatable bonds is 3. The van der Waals surface area contributed by atoms with Crippen LogP contribution in [-0.4, -0.2) is 31.0 Å². The van der Waals surface area contributed by atoms with Gasteiger partial charge in [0.1, 0.15) is 5.82 Å². The maximum absolute atomic E-state index is 5.52. The summed E-state index contributed by atoms with van der Waals surface area (Å²) in [6.45, 7) is 8.55. The minimum atomic E-state index is 0.216. The fourth-order valence-electron chi connectivity index (χ4n) is 1.36. The average Bonchev–Trinajstić information content (AvgIpc) is 2.07. The van der Waals surface area contributed by atoms with E-state index in [1.807, 2.05) is 0 Å². The van der Waals surface area contributed by atoms with Gasteiger partial charge in [0.15, 0.2) is 0 Å². The quantitative estimate of drug-likeness (QED) is 0.495. The molecule has 68 valence electrons. The molecule has 1 aliphatic rings. The highest BCUT2D eigenvalue weighted by atomic mass is 16.5. The molecule has 0 saturated carbocycles. The van der Waals surface area contributed by atoms with E-state index < -0.39 is 0 Å². The number of hydrogen-bond donors (Lipinski definition) is 1. The van der Waals surface area contributed by atoms with E-state index >= 15 is 0 Å². The Morgan fingerprint density at radius 3 is 2.83 bits per heavy atom. The van der Waals surface area contributed by atoms with Crippen molar-refractivity contribution < 1.29 is 4.74 Å². The molecule has 0 spiro atoms. The Kier molecular flexibility index (Phi) is 3.10. The maximum Gasteiger partial charge on any atom is 0.113 e. The summed E-state index contributed by atoms with van der Waals surface area (Å²) in [5.74, 6) is 0.431. The standard InChI is InChI=1S/C8H15N3O/c1-7(9)11(10-2)8-4-3-5-12-6-8/h8H,1-6,9H2. The predicted octanol–water partition coefficient (Wildman–Crippen LogP) is 0.513. The normalized spacial score (nSPS) is 23.2. The molecule has 4 heteroatoms. The van der Waals surface area contributed by atoms with Crippen LogP contribution in [0, 0.1) is 0 Å². The van der Waals surface area contributed by atoms with Gasteiger partial charge in [-0.3, -0.25) is 0 Å². The zero-order valence-electron chi connectivity index (χ0n) is 7.20. The molecule has 0 bridgehead atoms. The second-order valence-electron chi connectivity index (χ2n) is 2.85. The Labute approximate surface area is 72.7 Å². The van der Waals surface area contributed by atoms with E-state index in [1.54, 1.807) is 5.01 Å². The third-order valence-electron chi connectivity index (χ3n) is 1.93. The third kappa shape index (κ3) is 1.98. The first-order chi connectivity index (χ1) is 5.75. The van der Waals surface area contributed by atoms with Gasteiger partial charge in [0, 0.05) is 13.3 Å². The van der Waals surface area contributed by atoms with E-state index in [9.17, 15) is 0 Å². The van der Waals surface area contributed by atoms with E-state index in [1.165, 1.54) is 0 Å². The van der Waals surface area contributed by atoms with Crippen molar-refractivity contribution >= 4 is 6.72 Å². The van der Waals surface area contributed by atoms with Gasteiger partial charge in [0.05, 0.1) is 12.6 Å². The van der Waals surface area contributed by atoms with Crippen molar-refractivity contribution in [3.63, 3.8) is 0 Å². The molecule has 1 heterocycles. The third-order valence-corrected chi connectivity index (χ3v) is 1.93. The van der Waals surface area contributed by atoms with Crippen LogP contribution in [0.5, 0.6) is 0 Å². The zero-order chi connectivity index (χ0) is 8.97. The van der Waals surface area contributed by atoms with Gasteiger partial charge >= 0.3 is 0 Å². The van der Waals surface area contributed by atoms with Crippen LogP contribution in [-0.2, 0) is 4.74 Å². The first-order valence-corrected chi connectivity index (χ1v) is 4.03. The van der Waals surface area contributed by atoms with Crippen molar-refractivity contribution in [3.05, 3.63) is 12.4 Å². The summed E-state index contributed by atoms with van der Waals surface area (Å²) in [4.78, 5) is 0. The van der Waals surface area contributed by atoms with E-state index in [-0.39, 0.29) is 6.04 Å². The van der Waals surface area contributed by atoms with Crippen molar-refractivity contribution in [2.45, 2.75) is 18.9 Å². The Balaban J connectivity index is 2.51. The van der Waals surface area contributed by atoms with Gasteiger partial charge in [-0.2, -0.15) is 5.10 Å². The minimum absolute atomic E-state index is 0.216. The van der Waals surface area contributed by atoms with Crippen LogP contribution in [0.25, 0.3) is 0 Å². The Bertz CT molecular complexity index is 175. The van der Waals surface area contributed by atoms with E-state index in [0.717, 1.165) is 19.4 Å². The molecule has 0 aromatic carbocycles. The lowest BCUT2D eigenvalue weighted by Crippen LogP contribution is -2.38. The number of hydrazone groups is 1. The summed E-state index contributed by atoms with van der Waals surface area (Å²) in [5.41, 5.74) is 5.52. The first kappa shape index (κ1) is 9.06. The molecule has 0 radical (unpaired) electrons. The summed E-state index contributed by atoms with van der Waals surface area (Å²) in [6.07, 6.45) is 2.08. The Morgan fingerprint density at radius 2 is 2.42 bits per heavy atom. The summed E-state index contributed by atoms with van der Waals surface area (Å²) >= 11 is 0. The molecular formula is C8H15N3O. The summed E-state index contributed by atoms with van der Waals surface area (Å²) < 4.78 is 5.29. The summed E-state index contributed by atoms with van der Waals surface area (Å²) in [5, 5.41) is 5.41. The summed E-state index contributed by atoms with van der Waals surface area (Å²) in [7, 11) is 0. The molecule has 0 amide bonds. The molecular weight excluding hydrogens is 154 g/mol. The molecule has 0 aromatic heterocycles. The van der Waals surface area contributed by atoms with Crippen LogP contribution >= 0.6 is 0 Å². The summed E-state index contributed by atoms with van der Waals surface area (Å²) in [6, 6.07) is 0.216. The van der Waals surface area contributed by atoms with Crippen LogP contribution in [0.3, 0.4) is 0 Å². The lowest BCUT2D eigenvalue weighted by atomic mass is 10.1. The van der Waals surface area contributed by atoms with E-state index in [0.29, 0.717) is 12.4 Å². The predicted molar refractivity (Wildman–Crippen MR) is 48.6 cm³/mol. The number of hydrogen-bond acceptors (Lipinski definition) is 4. The van der Waals surface area contributed by atoms with Crippen molar-refractivity contribution in [2.75, 3.05) is 13.2 Å². The highest BCUT2D eigenvalue weighted by molar-refractivity contribution is 5.23. The van der Waals surface area contributed by atoms with Gasteiger partial charge in [0.25, 0.3) is 0 Å². The smallest absolute Gasteiger partial charge is 0.113 e. The van der Waals surface area contributed by atoms with Crippen molar-refractivity contribution in [1.29, 1.82) is 0 Å². The highest BCUT2D eigenvalue weighted by Gasteiger charge is 2.20. The second-order valence-corrected chi connectivity index (χ2v) is 2.85. The number of nitrogens with two attached hydrogens (primary N) is 1. The van der Waals surface area contributed by atoms with Gasteiger partial charge < -0.3 is 10.5 Å². The lowest BCUT2D eigenvalue weighted by Gasteiger charge is -2.30. The van der Waals surface area contributed by atoms with Crippen LogP contribution < -0.4 is 5.73 Å². The van der Waals surface area contributed by atoms with Gasteiger partial charge in [-0.15, -0.1) is 0 Å². The SMILES string of the molecule is C=NN(C(=C)N)C1CCCOC1. The van der Waals surface area contributed by atoms with E-state index in [4.69, 9.17) is 10.5 Å². The van der Waals surface area contributed by atoms with E-state index in [2.05, 4.69) is 18.4 Å². The van der Waals surface area contributed by atoms with Crippen molar-refractivity contribution in [3.8, 4) is 0 Å². The minimum Gasteiger partial charge on any atom is -0.384 e. The fourth-order valence-corrected chi connectivity index (χ4v) is 1.36. The first-order valence-electron chi connectivity index (χ1n) is 4.03. The van der Waals surface area contributed by atoms with Gasteiger partial charge in [-0.25, -0.2) is 5.01 Å². The van der Waals surface area contributed by atoms with Crippen molar-refractivity contribution in [2.24, 2.45) is 10.8 Å². The molecule has 1 fully saturated rings. The van der Waals surface area contributed by atoms with Gasteiger partial charge in [0.2, 0.25) is 0 Å². The highest BCUT2D eigenvalue weighted by Crippen LogP contribution is 2.15. The topological polar surface area (TPSA) is 50.8 Å². The molecule has 1 atom stereocenters. The molecule has 4 nitrogen and oxygen atoms in total. The monoisotopic (exact) mass is 169 g/mol. The van der Waals surface area contributed by atoms with Gasteiger partial charge in [-0.05, 0) is 12.8 Å².